The number of aryl methyl sites for hydroxylation is 2. The molecule has 6 aliphatic rings. The topological polar surface area (TPSA) is 194 Å². The van der Waals surface area contributed by atoms with Crippen molar-refractivity contribution in [2.45, 2.75) is 150 Å². The Labute approximate surface area is 521 Å². The second kappa shape index (κ2) is 27.9. The number of nitrogens with one attached hydrogen (secondary N) is 1. The number of carbonyl (C=O) groups is 3. The molecule has 3 atom stereocenters. The maximum Gasteiger partial charge on any atom is 0.253 e. The van der Waals surface area contributed by atoms with E-state index in [0.717, 1.165) is 67.6 Å². The lowest BCUT2D eigenvalue weighted by atomic mass is 9.54. The monoisotopic (exact) mass is 1200 g/mol. The highest BCUT2D eigenvalue weighted by Gasteiger charge is 2.52. The molecule has 3 unspecified atom stereocenters. The van der Waals surface area contributed by atoms with Crippen LogP contribution < -0.4 is 10.2 Å². The molecule has 0 saturated carbocycles. The molecule has 4 aromatic rings. The molecule has 0 spiro atoms. The van der Waals surface area contributed by atoms with Gasteiger partial charge in [0.2, 0.25) is 17.4 Å². The Morgan fingerprint density at radius 1 is 0.841 bits per heavy atom. The molecule has 2 amide bonds. The van der Waals surface area contributed by atoms with Crippen molar-refractivity contribution in [1.29, 1.82) is 0 Å². The lowest BCUT2D eigenvalue weighted by Gasteiger charge is -2.50. The number of fused-ring (bicyclic) bond motifs is 4. The maximum absolute atomic E-state index is 14.8. The first-order valence-electron chi connectivity index (χ1n) is 32.3. The fourth-order valence-electron chi connectivity index (χ4n) is 14.9. The third kappa shape index (κ3) is 14.3. The van der Waals surface area contributed by atoms with Gasteiger partial charge in [0.05, 0.1) is 70.7 Å². The van der Waals surface area contributed by atoms with Crippen LogP contribution in [-0.2, 0) is 53.3 Å². The number of aliphatic imine (C=N–C) groups is 1. The highest BCUT2D eigenvalue weighted by atomic mass is 16.6. The van der Waals surface area contributed by atoms with Crippen molar-refractivity contribution in [3.8, 4) is 11.4 Å². The molecule has 88 heavy (non-hydrogen) atoms. The van der Waals surface area contributed by atoms with Gasteiger partial charge in [0, 0.05) is 111 Å². The number of hydrogen-bond acceptors (Lipinski definition) is 14. The van der Waals surface area contributed by atoms with E-state index in [9.17, 15) is 19.5 Å². The van der Waals surface area contributed by atoms with Gasteiger partial charge in [-0.25, -0.2) is 4.58 Å². The molecule has 4 heterocycles. The molecular formula is C71H94N9O8+. The minimum absolute atomic E-state index is 0.0134. The number of Topliss-reactive ketones (excluding diaryl/α,β-unsaturated/α-hetero) is 1. The van der Waals surface area contributed by atoms with Crippen molar-refractivity contribution in [2.75, 3.05) is 97.5 Å². The third-order valence-electron chi connectivity index (χ3n) is 18.9. The zero-order valence-corrected chi connectivity index (χ0v) is 53.9. The fourth-order valence-corrected chi connectivity index (χ4v) is 14.9. The Kier molecular flexibility index (Phi) is 20.4. The van der Waals surface area contributed by atoms with Gasteiger partial charge < -0.3 is 39.2 Å². The van der Waals surface area contributed by atoms with Crippen molar-refractivity contribution in [2.24, 2.45) is 22.2 Å². The van der Waals surface area contributed by atoms with Gasteiger partial charge in [0.25, 0.3) is 5.91 Å². The van der Waals surface area contributed by atoms with E-state index in [2.05, 4.69) is 107 Å². The van der Waals surface area contributed by atoms with Gasteiger partial charge in [-0.05, 0) is 116 Å². The molecule has 3 aliphatic heterocycles. The molecule has 10 rings (SSSR count). The molecule has 0 fully saturated rings. The van der Waals surface area contributed by atoms with Crippen LogP contribution in [0.2, 0.25) is 0 Å². The average Bonchev–Trinajstić information content (AvgIpc) is 0.792. The van der Waals surface area contributed by atoms with Gasteiger partial charge in [-0.3, -0.25) is 19.4 Å². The number of rotatable bonds is 26. The van der Waals surface area contributed by atoms with Crippen LogP contribution in [-0.4, -0.2) is 162 Å². The maximum atomic E-state index is 14.8. The number of carbonyl (C=O) groups excluding carboxylic acids is 3. The third-order valence-corrected chi connectivity index (χ3v) is 18.9. The van der Waals surface area contributed by atoms with E-state index in [1.165, 1.54) is 51.2 Å². The summed E-state index contributed by atoms with van der Waals surface area (Å²) in [6.07, 6.45) is 12.7. The Morgan fingerprint density at radius 2 is 1.51 bits per heavy atom. The predicted molar refractivity (Wildman–Crippen MR) is 344 cm³/mol. The zero-order chi connectivity index (χ0) is 62.3. The molecule has 17 heteroatoms. The molecule has 2 N–H and O–H groups in total. The van der Waals surface area contributed by atoms with E-state index in [1.807, 2.05) is 57.3 Å². The number of nitrogens with zero attached hydrogens (tertiary/aromatic N) is 8. The highest BCUT2D eigenvalue weighted by Crippen LogP contribution is 2.59. The van der Waals surface area contributed by atoms with Gasteiger partial charge in [0.15, 0.2) is 17.1 Å². The normalized spacial score (nSPS) is 20.8. The SMILES string of the molecule is CC[N+]1=C2C=C3C(C=C2C(C)CC1(C)C)C(c1ccccc1C(=O)N(C)CCCC(=O)NCCOCCOCCOCCOCCC(=NCc1ccc(-c2nnc(C)nn2)cc1)C1=C(O)CC(C)(C)CC1=O)c1cc2c4c(c1C3(C)C)CCCN4CCC2. The lowest BCUT2D eigenvalue weighted by Crippen LogP contribution is -2.49. The van der Waals surface area contributed by atoms with Crippen molar-refractivity contribution in [1.82, 2.24) is 30.6 Å². The van der Waals surface area contributed by atoms with Gasteiger partial charge in [-0.2, -0.15) is 0 Å². The second-order valence-electron chi connectivity index (χ2n) is 26.9. The Balaban J connectivity index is 0.650. The summed E-state index contributed by atoms with van der Waals surface area (Å²) in [6, 6.07) is 18.5. The summed E-state index contributed by atoms with van der Waals surface area (Å²) in [4.78, 5) is 50.4. The summed E-state index contributed by atoms with van der Waals surface area (Å²) in [7, 11) is 1.87. The summed E-state index contributed by atoms with van der Waals surface area (Å²) in [5.74, 6) is 1.28. The number of hydrogen-bond donors (Lipinski definition) is 2. The molecule has 3 aromatic carbocycles. The summed E-state index contributed by atoms with van der Waals surface area (Å²) in [5.41, 5.74) is 15.5. The van der Waals surface area contributed by atoms with Crippen molar-refractivity contribution in [3.63, 3.8) is 0 Å². The number of aromatic nitrogens is 4. The number of benzene rings is 3. The van der Waals surface area contributed by atoms with E-state index in [4.69, 9.17) is 23.9 Å². The summed E-state index contributed by atoms with van der Waals surface area (Å²) < 4.78 is 25.7. The number of ether oxygens (including phenoxy) is 4. The van der Waals surface area contributed by atoms with Crippen LogP contribution in [0.1, 0.15) is 162 Å². The molecule has 470 valence electrons. The standard InChI is InChI=1S/C71H93N9O8/c1-11-80-59-41-57-55(40-54(59)46(2)42-70(80,6)7)63(56-39-50-17-14-29-79-30-15-20-53(66(50)79)65(56)71(57,8)9)51-18-12-13-19-52(51)68(84)78(10)28-16-21-62(83)72-27-32-86-34-36-88-38-37-87-35-33-85-31-26-58(64-60(81)43-69(4,5)44-61(64)82)73-45-48-22-24-49(25-23-48)67-76-74-47(3)75-77-67/h12-13,18-19,22-25,39-41,46,55,63H,11,14-17,20-21,26-38,42-45H2,1-10H3,(H-,72,73,81,82,83)/p+1. The Bertz CT molecular complexity index is 3380. The lowest BCUT2D eigenvalue weighted by molar-refractivity contribution is -0.602. The van der Waals surface area contributed by atoms with Crippen LogP contribution >= 0.6 is 0 Å². The minimum Gasteiger partial charge on any atom is -0.511 e. The number of aliphatic hydroxyl groups is 1. The Morgan fingerprint density at radius 3 is 2.20 bits per heavy atom. The summed E-state index contributed by atoms with van der Waals surface area (Å²) in [5, 5.41) is 30.2. The van der Waals surface area contributed by atoms with E-state index >= 15 is 0 Å². The quantitative estimate of drug-likeness (QED) is 0.0343. The van der Waals surface area contributed by atoms with Gasteiger partial charge in [0.1, 0.15) is 12.3 Å². The molecule has 0 saturated heterocycles. The predicted octanol–water partition coefficient (Wildman–Crippen LogP) is 10.4. The first kappa shape index (κ1) is 64.2. The fraction of sp³-hybridized carbons (Fsp3) is 0.563. The average molecular weight is 1200 g/mol. The minimum atomic E-state index is -0.328. The van der Waals surface area contributed by atoms with Crippen molar-refractivity contribution in [3.05, 3.63) is 134 Å². The van der Waals surface area contributed by atoms with E-state index in [-0.39, 0.29) is 51.6 Å². The van der Waals surface area contributed by atoms with Crippen LogP contribution in [0.25, 0.3) is 11.4 Å². The number of allylic oxidation sites excluding steroid dienone is 6. The van der Waals surface area contributed by atoms with Gasteiger partial charge >= 0.3 is 0 Å². The number of anilines is 1. The van der Waals surface area contributed by atoms with Crippen molar-refractivity contribution >= 4 is 34.7 Å². The van der Waals surface area contributed by atoms with Crippen LogP contribution in [0.4, 0.5) is 5.69 Å². The molecule has 3 aliphatic carbocycles. The van der Waals surface area contributed by atoms with E-state index < -0.39 is 0 Å². The molecule has 0 bridgehead atoms. The summed E-state index contributed by atoms with van der Waals surface area (Å²) >= 11 is 0. The Hall–Kier alpha value is -6.79. The second-order valence-corrected chi connectivity index (χ2v) is 26.9. The van der Waals surface area contributed by atoms with Gasteiger partial charge in [-0.1, -0.05) is 89.2 Å². The molecular weight excluding hydrogens is 1110 g/mol. The largest absolute Gasteiger partial charge is 0.511 e. The molecule has 0 radical (unpaired) electrons. The van der Waals surface area contributed by atoms with Crippen molar-refractivity contribution < 1.29 is 43.0 Å². The van der Waals surface area contributed by atoms with Crippen LogP contribution in [0.5, 0.6) is 0 Å². The number of ketones is 1. The molecule has 1 aromatic heterocycles. The zero-order valence-electron chi connectivity index (χ0n) is 53.9. The van der Waals surface area contributed by atoms with E-state index in [0.29, 0.717) is 133 Å². The van der Waals surface area contributed by atoms with Crippen LogP contribution in [0.15, 0.2) is 94.2 Å². The highest BCUT2D eigenvalue weighted by molar-refractivity contribution is 6.23. The first-order chi connectivity index (χ1) is 42.3. The summed E-state index contributed by atoms with van der Waals surface area (Å²) in [6.45, 7) is 27.4. The number of aliphatic hydroxyl groups excluding tert-OH is 1. The number of amides is 2. The van der Waals surface area contributed by atoms with Gasteiger partial charge in [-0.15, -0.1) is 20.4 Å². The van der Waals surface area contributed by atoms with Crippen LogP contribution in [0.3, 0.4) is 0 Å². The van der Waals surface area contributed by atoms with Crippen LogP contribution in [0, 0.1) is 24.2 Å². The van der Waals surface area contributed by atoms with E-state index in [1.54, 1.807) is 11.8 Å². The molecule has 17 nitrogen and oxygen atoms in total. The smallest absolute Gasteiger partial charge is 0.253 e. The first-order valence-corrected chi connectivity index (χ1v) is 32.3.